The highest BCUT2D eigenvalue weighted by atomic mass is 16.4. The van der Waals surface area contributed by atoms with Crippen molar-refractivity contribution in [2.24, 2.45) is 0 Å². The molecule has 6 N–H and O–H groups in total. The first-order chi connectivity index (χ1) is 15.3. The number of aliphatic hydroxyl groups excluding tert-OH is 4. The Labute approximate surface area is 184 Å². The van der Waals surface area contributed by atoms with Gasteiger partial charge < -0.3 is 25.5 Å². The number of carboxylic acids is 1. The predicted octanol–water partition coefficient (Wildman–Crippen LogP) is -3.75. The van der Waals surface area contributed by atoms with Crippen LogP contribution in [0.5, 0.6) is 0 Å². The standard InChI is InChI=1S/C24H11NO7/c1-2-3-4-5-6-7-8-9-10-11-12-13-14-15-16-17-18-25-23(30)21(28)19(26)20(27)22(29)24(31)32/h1,19-22,26-29H,(H,25,30)(H,31,32)/t19-,20-,21+,22-/m1/s1. The molecule has 0 heterocycles. The average molecular weight is 425 g/mol. The Balaban J connectivity index is 4.61. The Hall–Kier alpha value is -5.18. The summed E-state index contributed by atoms with van der Waals surface area (Å²) < 4.78 is 0. The molecule has 0 saturated carbocycles. The van der Waals surface area contributed by atoms with Crippen molar-refractivity contribution in [3.8, 4) is 107 Å². The molecule has 0 fully saturated rings. The van der Waals surface area contributed by atoms with Gasteiger partial charge in [0.15, 0.2) is 12.2 Å². The fraction of sp³-hybridized carbons (Fsp3) is 0.167. The Bertz CT molecular complexity index is 1280. The second kappa shape index (κ2) is 16.7. The highest BCUT2D eigenvalue weighted by Crippen LogP contribution is 2.05. The summed E-state index contributed by atoms with van der Waals surface area (Å²) in [5, 5.41) is 47.8. The normalized spacial score (nSPS) is 10.8. The third-order valence-corrected chi connectivity index (χ3v) is 2.71. The highest BCUT2D eigenvalue weighted by Gasteiger charge is 2.37. The van der Waals surface area contributed by atoms with Gasteiger partial charge >= 0.3 is 5.97 Å². The van der Waals surface area contributed by atoms with E-state index in [4.69, 9.17) is 16.6 Å². The molecular formula is C24H11NO7. The lowest BCUT2D eigenvalue weighted by molar-refractivity contribution is -0.166. The molecule has 32 heavy (non-hydrogen) atoms. The Morgan fingerprint density at radius 2 is 0.938 bits per heavy atom. The van der Waals surface area contributed by atoms with Crippen molar-refractivity contribution in [1.82, 2.24) is 5.32 Å². The minimum atomic E-state index is -2.40. The van der Waals surface area contributed by atoms with Gasteiger partial charge in [-0.1, -0.05) is 0 Å². The molecule has 0 spiro atoms. The van der Waals surface area contributed by atoms with E-state index >= 15 is 0 Å². The first-order valence-corrected chi connectivity index (χ1v) is 8.03. The van der Waals surface area contributed by atoms with Gasteiger partial charge in [0.05, 0.1) is 0 Å². The van der Waals surface area contributed by atoms with Crippen molar-refractivity contribution in [2.75, 3.05) is 0 Å². The molecule has 0 rings (SSSR count). The Morgan fingerprint density at radius 1 is 0.594 bits per heavy atom. The van der Waals surface area contributed by atoms with Crippen LogP contribution in [0.1, 0.15) is 0 Å². The smallest absolute Gasteiger partial charge is 0.335 e. The lowest BCUT2D eigenvalue weighted by Gasteiger charge is -2.23. The molecule has 0 aliphatic heterocycles. The Kier molecular flexibility index (Phi) is 14.0. The van der Waals surface area contributed by atoms with Gasteiger partial charge in [0.2, 0.25) is 0 Å². The zero-order valence-corrected chi connectivity index (χ0v) is 15.9. The van der Waals surface area contributed by atoms with E-state index < -0.39 is 36.3 Å². The van der Waals surface area contributed by atoms with Crippen LogP contribution in [0.4, 0.5) is 0 Å². The van der Waals surface area contributed by atoms with Gasteiger partial charge in [-0.15, -0.1) is 6.42 Å². The number of aliphatic hydroxyl groups is 4. The van der Waals surface area contributed by atoms with Crippen LogP contribution in [0.25, 0.3) is 0 Å². The summed E-state index contributed by atoms with van der Waals surface area (Å²) in [6.07, 6.45) is -4.33. The highest BCUT2D eigenvalue weighted by molar-refractivity contribution is 5.83. The van der Waals surface area contributed by atoms with Gasteiger partial charge in [-0.2, -0.15) is 0 Å². The van der Waals surface area contributed by atoms with Crippen LogP contribution in [-0.2, 0) is 9.59 Å². The van der Waals surface area contributed by atoms with Crippen molar-refractivity contribution >= 4 is 11.9 Å². The van der Waals surface area contributed by atoms with Crippen LogP contribution in [-0.4, -0.2) is 61.8 Å². The average Bonchev–Trinajstić information content (AvgIpc) is 2.78. The SMILES string of the molecule is C#CC#CC#CC#CC#CC#CC#CC#CC#CNC(=O)[C@@H](O)[C@H](O)[C@@H](O)[C@@H](O)C(=O)O. The third-order valence-electron chi connectivity index (χ3n) is 2.71. The fourth-order valence-corrected chi connectivity index (χ4v) is 1.32. The molecule has 4 atom stereocenters. The molecule has 0 saturated heterocycles. The molecule has 0 unspecified atom stereocenters. The number of aliphatic carboxylic acids is 1. The molecule has 0 radical (unpaired) electrons. The number of hydrogen-bond donors (Lipinski definition) is 6. The van der Waals surface area contributed by atoms with Gasteiger partial charge in [-0.05, 0) is 47.4 Å². The molecule has 0 bridgehead atoms. The van der Waals surface area contributed by atoms with E-state index in [1.807, 2.05) is 11.4 Å². The number of rotatable bonds is 5. The molecule has 0 aromatic carbocycles. The van der Waals surface area contributed by atoms with E-state index in [0.29, 0.717) is 0 Å². The van der Waals surface area contributed by atoms with Crippen LogP contribution in [0.3, 0.4) is 0 Å². The second-order valence-electron chi connectivity index (χ2n) is 4.84. The minimum Gasteiger partial charge on any atom is -0.479 e. The molecule has 0 aromatic heterocycles. The molecule has 8 heteroatoms. The zero-order chi connectivity index (χ0) is 24.2. The molecule has 8 nitrogen and oxygen atoms in total. The predicted molar refractivity (Wildman–Crippen MR) is 111 cm³/mol. The molecule has 0 aliphatic carbocycles. The largest absolute Gasteiger partial charge is 0.479 e. The number of terminal acetylenes is 1. The van der Waals surface area contributed by atoms with Crippen molar-refractivity contribution in [2.45, 2.75) is 24.4 Å². The summed E-state index contributed by atoms with van der Waals surface area (Å²) in [6, 6.07) is 2.03. The van der Waals surface area contributed by atoms with Gasteiger partial charge in [-0.3, -0.25) is 10.1 Å². The van der Waals surface area contributed by atoms with E-state index in [2.05, 4.69) is 94.7 Å². The van der Waals surface area contributed by atoms with Gasteiger partial charge in [0, 0.05) is 53.4 Å². The van der Waals surface area contributed by atoms with Crippen LogP contribution in [0, 0.1) is 107 Å². The molecule has 0 aliphatic rings. The lowest BCUT2D eigenvalue weighted by Crippen LogP contribution is -2.52. The number of carbonyl (C=O) groups is 2. The number of amides is 1. The van der Waals surface area contributed by atoms with Crippen molar-refractivity contribution in [3.63, 3.8) is 0 Å². The monoisotopic (exact) mass is 425 g/mol. The maximum atomic E-state index is 11.5. The maximum absolute atomic E-state index is 11.5. The summed E-state index contributed by atoms with van der Waals surface area (Å²) in [6.45, 7) is 0. The van der Waals surface area contributed by atoms with E-state index in [-0.39, 0.29) is 0 Å². The summed E-state index contributed by atoms with van der Waals surface area (Å²) in [5.41, 5.74) is 0. The van der Waals surface area contributed by atoms with Crippen molar-refractivity contribution < 1.29 is 35.1 Å². The van der Waals surface area contributed by atoms with Gasteiger partial charge in [0.1, 0.15) is 12.2 Å². The van der Waals surface area contributed by atoms with Gasteiger partial charge in [0.25, 0.3) is 5.91 Å². The molecule has 154 valence electrons. The number of nitrogens with one attached hydrogen (secondary N) is 1. The summed E-state index contributed by atoms with van der Waals surface area (Å²) in [5.74, 6) is 34.1. The van der Waals surface area contributed by atoms with E-state index in [9.17, 15) is 24.9 Å². The van der Waals surface area contributed by atoms with Crippen LogP contribution in [0.2, 0.25) is 0 Å². The van der Waals surface area contributed by atoms with Crippen LogP contribution < -0.4 is 5.32 Å². The molecule has 0 aromatic rings. The summed E-state index contributed by atoms with van der Waals surface area (Å²) in [4.78, 5) is 22.0. The summed E-state index contributed by atoms with van der Waals surface area (Å²) in [7, 11) is 0. The quantitative estimate of drug-likeness (QED) is 0.196. The number of carbonyl (C=O) groups excluding carboxylic acids is 1. The zero-order valence-electron chi connectivity index (χ0n) is 15.9. The summed E-state index contributed by atoms with van der Waals surface area (Å²) >= 11 is 0. The fourth-order valence-electron chi connectivity index (χ4n) is 1.32. The van der Waals surface area contributed by atoms with Crippen molar-refractivity contribution in [1.29, 1.82) is 0 Å². The topological polar surface area (TPSA) is 147 Å². The minimum absolute atomic E-state index is 1.26. The first kappa shape index (κ1) is 26.8. The molecular weight excluding hydrogens is 414 g/mol. The maximum Gasteiger partial charge on any atom is 0.335 e. The first-order valence-electron chi connectivity index (χ1n) is 8.03. The van der Waals surface area contributed by atoms with E-state index in [1.165, 1.54) is 0 Å². The Morgan fingerprint density at radius 3 is 1.31 bits per heavy atom. The van der Waals surface area contributed by atoms with Crippen molar-refractivity contribution in [3.05, 3.63) is 0 Å². The van der Waals surface area contributed by atoms with E-state index in [1.54, 1.807) is 0 Å². The van der Waals surface area contributed by atoms with E-state index in [0.717, 1.165) is 0 Å². The number of carboxylic acid groups (broad SMARTS) is 1. The number of hydrogen-bond acceptors (Lipinski definition) is 6. The van der Waals surface area contributed by atoms with Crippen LogP contribution >= 0.6 is 0 Å². The van der Waals surface area contributed by atoms with Gasteiger partial charge in [-0.25, -0.2) is 4.79 Å². The van der Waals surface area contributed by atoms with Crippen LogP contribution in [0.15, 0.2) is 0 Å². The lowest BCUT2D eigenvalue weighted by atomic mass is 10.0. The third kappa shape index (κ3) is 12.3. The second-order valence-corrected chi connectivity index (χ2v) is 4.84. The molecule has 1 amide bonds.